The Balaban J connectivity index is 1.80. The number of nitrogens with zero attached hydrogens (tertiary/aromatic N) is 2. The summed E-state index contributed by atoms with van der Waals surface area (Å²) in [6, 6.07) is 8.71. The molecule has 1 aliphatic rings. The molecule has 1 fully saturated rings. The maximum absolute atomic E-state index is 6.03. The fourth-order valence-corrected chi connectivity index (χ4v) is 2.57. The highest BCUT2D eigenvalue weighted by Crippen LogP contribution is 2.22. The summed E-state index contributed by atoms with van der Waals surface area (Å²) in [5.74, 6) is 0.953. The highest BCUT2D eigenvalue weighted by atomic mass is 16.5. The molecule has 1 heterocycles. The highest BCUT2D eigenvalue weighted by Gasteiger charge is 2.16. The Bertz CT molecular complexity index is 391. The van der Waals surface area contributed by atoms with Gasteiger partial charge in [-0.25, -0.2) is 0 Å². The first kappa shape index (κ1) is 15.1. The Hall–Kier alpha value is -1.26. The molecule has 1 saturated heterocycles. The average Bonchev–Trinajstić information content (AvgIpc) is 2.44. The highest BCUT2D eigenvalue weighted by molar-refractivity contribution is 5.49. The van der Waals surface area contributed by atoms with Crippen molar-refractivity contribution in [2.24, 2.45) is 5.73 Å². The van der Waals surface area contributed by atoms with E-state index in [1.54, 1.807) is 0 Å². The molecule has 0 bridgehead atoms. The van der Waals surface area contributed by atoms with Crippen molar-refractivity contribution in [3.05, 3.63) is 24.3 Å². The van der Waals surface area contributed by atoms with Crippen molar-refractivity contribution in [1.29, 1.82) is 0 Å². The van der Waals surface area contributed by atoms with Crippen molar-refractivity contribution < 1.29 is 4.74 Å². The van der Waals surface area contributed by atoms with Crippen molar-refractivity contribution in [1.82, 2.24) is 4.90 Å². The molecular weight excluding hydrogens is 250 g/mol. The molecule has 112 valence electrons. The van der Waals surface area contributed by atoms with Crippen LogP contribution in [0.1, 0.15) is 19.3 Å². The van der Waals surface area contributed by atoms with E-state index in [0.717, 1.165) is 44.8 Å². The number of anilines is 1. The number of piperidine rings is 1. The van der Waals surface area contributed by atoms with Crippen LogP contribution in [0.25, 0.3) is 0 Å². The van der Waals surface area contributed by atoms with Gasteiger partial charge in [0, 0.05) is 31.4 Å². The first-order valence-corrected chi connectivity index (χ1v) is 7.53. The van der Waals surface area contributed by atoms with E-state index >= 15 is 0 Å². The first-order chi connectivity index (χ1) is 9.65. The number of rotatable bonds is 6. The lowest BCUT2D eigenvalue weighted by Crippen LogP contribution is -2.42. The number of hydrogen-bond donors (Lipinski definition) is 1. The maximum Gasteiger partial charge on any atom is 0.119 e. The number of nitrogens with two attached hydrogens (primary N) is 1. The van der Waals surface area contributed by atoms with Crippen LogP contribution in [-0.2, 0) is 0 Å². The van der Waals surface area contributed by atoms with Crippen molar-refractivity contribution in [3.8, 4) is 5.75 Å². The minimum Gasteiger partial charge on any atom is -0.494 e. The van der Waals surface area contributed by atoms with E-state index in [-0.39, 0.29) is 0 Å². The predicted molar refractivity (Wildman–Crippen MR) is 84.5 cm³/mol. The molecule has 0 saturated carbocycles. The molecule has 1 unspecified atom stereocenters. The van der Waals surface area contributed by atoms with Crippen molar-refractivity contribution in [3.63, 3.8) is 0 Å². The van der Waals surface area contributed by atoms with Gasteiger partial charge in [-0.2, -0.15) is 0 Å². The van der Waals surface area contributed by atoms with Gasteiger partial charge in [-0.1, -0.05) is 0 Å². The molecule has 20 heavy (non-hydrogen) atoms. The number of benzene rings is 1. The van der Waals surface area contributed by atoms with Gasteiger partial charge >= 0.3 is 0 Å². The zero-order chi connectivity index (χ0) is 14.4. The largest absolute Gasteiger partial charge is 0.494 e. The quantitative estimate of drug-likeness (QED) is 0.807. The zero-order valence-corrected chi connectivity index (χ0v) is 12.7. The second-order valence-corrected chi connectivity index (χ2v) is 5.85. The smallest absolute Gasteiger partial charge is 0.119 e. The first-order valence-electron chi connectivity index (χ1n) is 7.53. The molecule has 0 radical (unpaired) electrons. The minimum atomic E-state index is 0.311. The summed E-state index contributed by atoms with van der Waals surface area (Å²) >= 11 is 0. The Morgan fingerprint density at radius 1 is 1.30 bits per heavy atom. The lowest BCUT2D eigenvalue weighted by molar-refractivity contribution is 0.281. The van der Waals surface area contributed by atoms with E-state index < -0.39 is 0 Å². The van der Waals surface area contributed by atoms with E-state index in [1.807, 2.05) is 0 Å². The van der Waals surface area contributed by atoms with Gasteiger partial charge in [0.1, 0.15) is 5.75 Å². The van der Waals surface area contributed by atoms with Crippen molar-refractivity contribution in [2.75, 3.05) is 45.2 Å². The summed E-state index contributed by atoms with van der Waals surface area (Å²) in [6.07, 6.45) is 3.38. The van der Waals surface area contributed by atoms with Crippen LogP contribution in [0.4, 0.5) is 5.69 Å². The Morgan fingerprint density at radius 2 is 2.05 bits per heavy atom. The van der Waals surface area contributed by atoms with Crippen LogP contribution in [-0.4, -0.2) is 51.3 Å². The molecule has 1 atom stereocenters. The monoisotopic (exact) mass is 277 g/mol. The number of ether oxygens (including phenoxy) is 1. The van der Waals surface area contributed by atoms with Crippen LogP contribution >= 0.6 is 0 Å². The summed E-state index contributed by atoms with van der Waals surface area (Å²) in [4.78, 5) is 4.54. The summed E-state index contributed by atoms with van der Waals surface area (Å²) in [6.45, 7) is 3.90. The third kappa shape index (κ3) is 4.69. The molecular formula is C16H27N3O. The van der Waals surface area contributed by atoms with Gasteiger partial charge in [0.15, 0.2) is 0 Å². The van der Waals surface area contributed by atoms with Crippen molar-refractivity contribution in [2.45, 2.75) is 25.3 Å². The Kier molecular flexibility index (Phi) is 5.68. The van der Waals surface area contributed by atoms with Crippen LogP contribution in [0.2, 0.25) is 0 Å². The minimum absolute atomic E-state index is 0.311. The second kappa shape index (κ2) is 7.50. The second-order valence-electron chi connectivity index (χ2n) is 5.85. The van der Waals surface area contributed by atoms with Gasteiger partial charge in [0.05, 0.1) is 6.61 Å². The van der Waals surface area contributed by atoms with E-state index in [9.17, 15) is 0 Å². The van der Waals surface area contributed by atoms with E-state index in [1.165, 1.54) is 12.1 Å². The number of hydrogen-bond acceptors (Lipinski definition) is 4. The van der Waals surface area contributed by atoms with Crippen LogP contribution in [0, 0.1) is 0 Å². The predicted octanol–water partition coefficient (Wildman–Crippen LogP) is 1.94. The Morgan fingerprint density at radius 3 is 2.70 bits per heavy atom. The fraction of sp³-hybridized carbons (Fsp3) is 0.625. The molecule has 2 rings (SSSR count). The average molecular weight is 277 g/mol. The molecule has 4 heteroatoms. The molecule has 2 N–H and O–H groups in total. The van der Waals surface area contributed by atoms with Gasteiger partial charge < -0.3 is 20.3 Å². The Labute approximate surface area is 122 Å². The molecule has 4 nitrogen and oxygen atoms in total. The summed E-state index contributed by atoms with van der Waals surface area (Å²) in [7, 11) is 4.16. The van der Waals surface area contributed by atoms with Crippen LogP contribution in [0.5, 0.6) is 5.75 Å². The van der Waals surface area contributed by atoms with Gasteiger partial charge in [0.2, 0.25) is 0 Å². The van der Waals surface area contributed by atoms with E-state index in [0.29, 0.717) is 6.04 Å². The summed E-state index contributed by atoms with van der Waals surface area (Å²) < 4.78 is 5.75. The third-order valence-electron chi connectivity index (χ3n) is 3.68. The van der Waals surface area contributed by atoms with Crippen LogP contribution in [0.3, 0.4) is 0 Å². The van der Waals surface area contributed by atoms with Crippen LogP contribution in [0.15, 0.2) is 24.3 Å². The lowest BCUT2D eigenvalue weighted by atomic mass is 10.1. The zero-order valence-electron chi connectivity index (χ0n) is 12.7. The maximum atomic E-state index is 6.03. The van der Waals surface area contributed by atoms with Gasteiger partial charge in [-0.3, -0.25) is 0 Å². The SMILES string of the molecule is CN(C)CCCOc1ccc(N2CCCC(N)C2)cc1. The normalized spacial score (nSPS) is 19.4. The molecule has 0 amide bonds. The molecule has 1 aromatic carbocycles. The van der Waals surface area contributed by atoms with Gasteiger partial charge in [-0.15, -0.1) is 0 Å². The molecule has 0 aromatic heterocycles. The van der Waals surface area contributed by atoms with Gasteiger partial charge in [0.25, 0.3) is 0 Å². The molecule has 1 aromatic rings. The third-order valence-corrected chi connectivity index (χ3v) is 3.68. The van der Waals surface area contributed by atoms with Crippen molar-refractivity contribution >= 4 is 5.69 Å². The van der Waals surface area contributed by atoms with E-state index in [2.05, 4.69) is 48.2 Å². The molecule has 0 aliphatic carbocycles. The summed E-state index contributed by atoms with van der Waals surface area (Å²) in [5, 5.41) is 0. The lowest BCUT2D eigenvalue weighted by Gasteiger charge is -2.32. The topological polar surface area (TPSA) is 41.7 Å². The summed E-state index contributed by atoms with van der Waals surface area (Å²) in [5.41, 5.74) is 7.28. The fourth-order valence-electron chi connectivity index (χ4n) is 2.57. The molecule has 1 aliphatic heterocycles. The van der Waals surface area contributed by atoms with E-state index in [4.69, 9.17) is 10.5 Å². The molecule has 0 spiro atoms. The van der Waals surface area contributed by atoms with Gasteiger partial charge in [-0.05, 0) is 57.6 Å². The van der Waals surface area contributed by atoms with Crippen LogP contribution < -0.4 is 15.4 Å². The standard InChI is InChI=1S/C16H27N3O/c1-18(2)10-4-12-20-16-8-6-15(7-9-16)19-11-3-5-14(17)13-19/h6-9,14H,3-5,10-13,17H2,1-2H3.